The van der Waals surface area contributed by atoms with E-state index in [4.69, 9.17) is 14.5 Å². The van der Waals surface area contributed by atoms with E-state index in [-0.39, 0.29) is 17.9 Å². The van der Waals surface area contributed by atoms with Crippen LogP contribution in [-0.2, 0) is 9.53 Å². The maximum Gasteiger partial charge on any atom is 0.338 e. The summed E-state index contributed by atoms with van der Waals surface area (Å²) in [7, 11) is 1.47. The Morgan fingerprint density at radius 2 is 1.97 bits per heavy atom. The normalized spacial score (nSPS) is 15.4. The molecule has 5 rings (SSSR count). The third-order valence-corrected chi connectivity index (χ3v) is 7.60. The summed E-state index contributed by atoms with van der Waals surface area (Å²) in [6.07, 6.45) is 1.73. The third-order valence-electron chi connectivity index (χ3n) is 5.69. The molecule has 3 heterocycles. The molecule has 0 saturated carbocycles. The van der Waals surface area contributed by atoms with Crippen LogP contribution in [0, 0.1) is 0 Å². The van der Waals surface area contributed by atoms with Crippen molar-refractivity contribution in [1.29, 1.82) is 0 Å². The van der Waals surface area contributed by atoms with Crippen LogP contribution in [0.4, 0.5) is 0 Å². The van der Waals surface area contributed by atoms with E-state index in [1.165, 1.54) is 35.8 Å². The number of hydrogen-bond acceptors (Lipinski definition) is 8. The van der Waals surface area contributed by atoms with Crippen LogP contribution in [-0.4, -0.2) is 29.4 Å². The van der Waals surface area contributed by atoms with Crippen LogP contribution < -0.4 is 19.6 Å². The summed E-state index contributed by atoms with van der Waals surface area (Å²) in [5.74, 6) is -0.180. The van der Waals surface area contributed by atoms with Gasteiger partial charge in [-0.2, -0.15) is 0 Å². The molecule has 2 aromatic carbocycles. The molecule has 0 radical (unpaired) electrons. The van der Waals surface area contributed by atoms with Gasteiger partial charge in [-0.25, -0.2) is 9.79 Å². The van der Waals surface area contributed by atoms with Gasteiger partial charge in [0.1, 0.15) is 6.04 Å². The van der Waals surface area contributed by atoms with Crippen molar-refractivity contribution < 1.29 is 19.4 Å². The van der Waals surface area contributed by atoms with Crippen molar-refractivity contribution in [3.63, 3.8) is 0 Å². The van der Waals surface area contributed by atoms with Crippen LogP contribution >= 0.6 is 22.7 Å². The molecule has 0 saturated heterocycles. The first-order valence-electron chi connectivity index (χ1n) is 11.2. The molecule has 1 atom stereocenters. The molecule has 0 amide bonds. The highest BCUT2D eigenvalue weighted by Gasteiger charge is 2.35. The highest BCUT2D eigenvalue weighted by Crippen LogP contribution is 2.36. The predicted octanol–water partition coefficient (Wildman–Crippen LogP) is 3.71. The second-order valence-electron chi connectivity index (χ2n) is 7.88. The number of thiazole rings is 1. The number of benzene rings is 2. The Kier molecular flexibility index (Phi) is 6.58. The number of aromatic nitrogens is 1. The Labute approximate surface area is 214 Å². The third kappa shape index (κ3) is 4.27. The molecule has 4 aromatic rings. The number of carbonyl (C=O) groups is 1. The molecule has 0 bridgehead atoms. The summed E-state index contributed by atoms with van der Waals surface area (Å²) in [6.45, 7) is 1.95. The smallest absolute Gasteiger partial charge is 0.338 e. The number of carbonyl (C=O) groups excluding carboxylic acids is 1. The van der Waals surface area contributed by atoms with E-state index in [0.717, 1.165) is 10.4 Å². The van der Waals surface area contributed by atoms with Gasteiger partial charge >= 0.3 is 5.97 Å². The standard InChI is InChI=1S/C27H22N2O5S2/c1-3-34-26(32)22-23(17-8-5-4-6-9-17)28-27-29(24(22)20-10-7-13-35-20)25(31)21(36-27)15-16-11-12-18(30)19(14-16)33-2/h4-15,24,30H,3H2,1-2H3. The first-order chi connectivity index (χ1) is 17.5. The van der Waals surface area contributed by atoms with Crippen LogP contribution in [0.15, 0.2) is 81.4 Å². The average molecular weight is 519 g/mol. The van der Waals surface area contributed by atoms with E-state index >= 15 is 0 Å². The lowest BCUT2D eigenvalue weighted by molar-refractivity contribution is -0.138. The molecular weight excluding hydrogens is 496 g/mol. The number of ether oxygens (including phenoxy) is 2. The molecule has 2 aromatic heterocycles. The molecule has 182 valence electrons. The van der Waals surface area contributed by atoms with Gasteiger partial charge in [0.25, 0.3) is 5.56 Å². The molecule has 0 aliphatic carbocycles. The number of aromatic hydroxyl groups is 1. The Morgan fingerprint density at radius 3 is 2.67 bits per heavy atom. The average Bonchev–Trinajstić information content (AvgIpc) is 3.53. The maximum atomic E-state index is 13.7. The lowest BCUT2D eigenvalue weighted by Crippen LogP contribution is -2.39. The van der Waals surface area contributed by atoms with Crippen molar-refractivity contribution in [2.24, 2.45) is 4.99 Å². The fraction of sp³-hybridized carbons (Fsp3) is 0.148. The Morgan fingerprint density at radius 1 is 1.17 bits per heavy atom. The highest BCUT2D eigenvalue weighted by atomic mass is 32.1. The van der Waals surface area contributed by atoms with Gasteiger partial charge in [-0.3, -0.25) is 9.36 Å². The van der Waals surface area contributed by atoms with Crippen molar-refractivity contribution in [1.82, 2.24) is 4.57 Å². The lowest BCUT2D eigenvalue weighted by Gasteiger charge is -2.24. The predicted molar refractivity (Wildman–Crippen MR) is 140 cm³/mol. The summed E-state index contributed by atoms with van der Waals surface area (Å²) >= 11 is 2.71. The molecular formula is C27H22N2O5S2. The van der Waals surface area contributed by atoms with E-state index in [9.17, 15) is 14.7 Å². The van der Waals surface area contributed by atoms with Gasteiger partial charge in [0.2, 0.25) is 0 Å². The van der Waals surface area contributed by atoms with Crippen LogP contribution in [0.1, 0.15) is 29.0 Å². The number of hydrogen-bond donors (Lipinski definition) is 1. The minimum atomic E-state index is -0.674. The molecule has 9 heteroatoms. The Balaban J connectivity index is 1.79. The number of nitrogens with zero attached hydrogens (tertiary/aromatic N) is 2. The number of phenols is 1. The molecule has 7 nitrogen and oxygen atoms in total. The van der Waals surface area contributed by atoms with Gasteiger partial charge in [-0.05, 0) is 42.1 Å². The number of thiophene rings is 1. The summed E-state index contributed by atoms with van der Waals surface area (Å²) in [4.78, 5) is 33.2. The second kappa shape index (κ2) is 9.96. The molecule has 0 fully saturated rings. The van der Waals surface area contributed by atoms with Gasteiger partial charge in [0.05, 0.1) is 29.5 Å². The maximum absolute atomic E-state index is 13.7. The molecule has 1 aliphatic rings. The number of phenolic OH excluding ortho intramolecular Hbond substituents is 1. The molecule has 1 N–H and O–H groups in total. The van der Waals surface area contributed by atoms with Gasteiger partial charge in [-0.15, -0.1) is 11.3 Å². The minimum Gasteiger partial charge on any atom is -0.504 e. The van der Waals surface area contributed by atoms with Crippen LogP contribution in [0.3, 0.4) is 0 Å². The van der Waals surface area contributed by atoms with Crippen LogP contribution in [0.2, 0.25) is 0 Å². The molecule has 1 aliphatic heterocycles. The Bertz CT molecular complexity index is 1630. The van der Waals surface area contributed by atoms with Crippen LogP contribution in [0.5, 0.6) is 11.5 Å². The quantitative estimate of drug-likeness (QED) is 0.393. The van der Waals surface area contributed by atoms with Crippen molar-refractivity contribution in [3.8, 4) is 11.5 Å². The summed E-state index contributed by atoms with van der Waals surface area (Å²) in [5.41, 5.74) is 2.01. The summed E-state index contributed by atoms with van der Waals surface area (Å²) in [5, 5.41) is 11.8. The topological polar surface area (TPSA) is 90.1 Å². The number of rotatable bonds is 6. The number of fused-ring (bicyclic) bond motifs is 1. The van der Waals surface area contributed by atoms with E-state index in [0.29, 0.717) is 31.9 Å². The van der Waals surface area contributed by atoms with E-state index < -0.39 is 12.0 Å². The zero-order chi connectivity index (χ0) is 25.2. The second-order valence-corrected chi connectivity index (χ2v) is 9.87. The minimum absolute atomic E-state index is 0.0142. The van der Waals surface area contributed by atoms with Gasteiger partial charge in [0.15, 0.2) is 16.3 Å². The molecule has 36 heavy (non-hydrogen) atoms. The van der Waals surface area contributed by atoms with Gasteiger partial charge < -0.3 is 14.6 Å². The van der Waals surface area contributed by atoms with E-state index in [2.05, 4.69) is 0 Å². The van der Waals surface area contributed by atoms with E-state index in [1.54, 1.807) is 29.7 Å². The van der Waals surface area contributed by atoms with Crippen LogP contribution in [0.25, 0.3) is 11.8 Å². The van der Waals surface area contributed by atoms with E-state index in [1.807, 2.05) is 47.8 Å². The zero-order valence-corrected chi connectivity index (χ0v) is 21.1. The zero-order valence-electron chi connectivity index (χ0n) is 19.5. The highest BCUT2D eigenvalue weighted by molar-refractivity contribution is 7.10. The number of esters is 1. The van der Waals surface area contributed by atoms with Crippen molar-refractivity contribution in [2.45, 2.75) is 13.0 Å². The van der Waals surface area contributed by atoms with Crippen molar-refractivity contribution >= 4 is 40.4 Å². The summed E-state index contributed by atoms with van der Waals surface area (Å²) < 4.78 is 12.7. The van der Waals surface area contributed by atoms with Crippen molar-refractivity contribution in [2.75, 3.05) is 13.7 Å². The van der Waals surface area contributed by atoms with Gasteiger partial charge in [-0.1, -0.05) is 53.8 Å². The lowest BCUT2D eigenvalue weighted by atomic mass is 9.97. The fourth-order valence-corrected chi connectivity index (χ4v) is 5.92. The van der Waals surface area contributed by atoms with Crippen molar-refractivity contribution in [3.05, 3.63) is 107 Å². The number of methoxy groups -OCH3 is 1. The van der Waals surface area contributed by atoms with Gasteiger partial charge in [0, 0.05) is 10.4 Å². The Hall–Kier alpha value is -3.95. The monoisotopic (exact) mass is 518 g/mol. The SMILES string of the molecule is CCOC(=O)C1=C(c2ccccc2)N=c2sc(=Cc3ccc(O)c(OC)c3)c(=O)n2C1c1cccs1. The first kappa shape index (κ1) is 23.8. The largest absolute Gasteiger partial charge is 0.504 e. The fourth-order valence-electron chi connectivity index (χ4n) is 4.09. The molecule has 1 unspecified atom stereocenters. The molecule has 0 spiro atoms. The first-order valence-corrected chi connectivity index (χ1v) is 12.9. The summed E-state index contributed by atoms with van der Waals surface area (Å²) in [6, 6.07) is 17.4.